The molecule has 11 rings (SSSR count). The number of amidine groups is 1. The normalized spacial score (nSPS) is 20.3. The number of nitrogens with zero attached hydrogens (tertiary/aromatic N) is 6. The van der Waals surface area contributed by atoms with Crippen molar-refractivity contribution in [1.29, 1.82) is 0 Å². The summed E-state index contributed by atoms with van der Waals surface area (Å²) in [7, 11) is 0. The van der Waals surface area contributed by atoms with Crippen LogP contribution in [0.2, 0.25) is 0 Å². The lowest BCUT2D eigenvalue weighted by molar-refractivity contribution is 0.763. The molecule has 61 heavy (non-hydrogen) atoms. The summed E-state index contributed by atoms with van der Waals surface area (Å²) >= 11 is 0. The fraction of sp³-hybridized carbons (Fsp3) is 0.0566. The zero-order valence-corrected chi connectivity index (χ0v) is 33.5. The molecule has 0 amide bonds. The van der Waals surface area contributed by atoms with Crippen molar-refractivity contribution in [2.24, 2.45) is 15.7 Å². The van der Waals surface area contributed by atoms with Crippen molar-refractivity contribution in [3.63, 3.8) is 0 Å². The second-order valence-electron chi connectivity index (χ2n) is 15.5. The predicted octanol–water partition coefficient (Wildman–Crippen LogP) is 9.15. The van der Waals surface area contributed by atoms with E-state index in [1.54, 1.807) is 6.20 Å². The number of anilines is 2. The summed E-state index contributed by atoms with van der Waals surface area (Å²) in [6.07, 6.45) is 21.7. The Hall–Kier alpha value is -8.10. The molecule has 2 aromatic heterocycles. The number of hydrogen-bond acceptors (Lipinski definition) is 5. The van der Waals surface area contributed by atoms with Crippen molar-refractivity contribution in [3.8, 4) is 5.69 Å². The largest absolute Gasteiger partial charge is 0.384 e. The molecule has 1 unspecified atom stereocenters. The van der Waals surface area contributed by atoms with Gasteiger partial charge in [0, 0.05) is 50.7 Å². The van der Waals surface area contributed by atoms with Crippen molar-refractivity contribution in [2.75, 3.05) is 16.3 Å². The Labute approximate surface area is 353 Å². The number of fused-ring (bicyclic) bond motifs is 9. The van der Waals surface area contributed by atoms with Crippen molar-refractivity contribution >= 4 is 73.7 Å². The van der Waals surface area contributed by atoms with E-state index in [1.165, 1.54) is 5.57 Å². The van der Waals surface area contributed by atoms with Crippen LogP contribution in [-0.2, 0) is 0 Å². The second kappa shape index (κ2) is 14.6. The van der Waals surface area contributed by atoms with Crippen LogP contribution in [0.4, 0.5) is 11.4 Å². The molecule has 4 aliphatic rings. The summed E-state index contributed by atoms with van der Waals surface area (Å²) in [6.45, 7) is 9.51. The van der Waals surface area contributed by atoms with Crippen molar-refractivity contribution in [3.05, 3.63) is 216 Å². The lowest BCUT2D eigenvalue weighted by Gasteiger charge is -2.34. The first-order valence-electron chi connectivity index (χ1n) is 20.6. The van der Waals surface area contributed by atoms with Gasteiger partial charge in [-0.05, 0) is 77.8 Å². The van der Waals surface area contributed by atoms with Gasteiger partial charge < -0.3 is 25.4 Å². The van der Waals surface area contributed by atoms with Gasteiger partial charge in [0.1, 0.15) is 5.82 Å². The molecule has 5 aromatic carbocycles. The molecule has 0 bridgehead atoms. The first-order chi connectivity index (χ1) is 30.0. The van der Waals surface area contributed by atoms with Gasteiger partial charge in [-0.3, -0.25) is 4.57 Å². The summed E-state index contributed by atoms with van der Waals surface area (Å²) in [4.78, 5) is 14.5. The first-order valence-corrected chi connectivity index (χ1v) is 20.6. The van der Waals surface area contributed by atoms with Gasteiger partial charge in [-0.2, -0.15) is 4.99 Å². The van der Waals surface area contributed by atoms with Gasteiger partial charge in [0.15, 0.2) is 5.84 Å². The van der Waals surface area contributed by atoms with E-state index in [-0.39, 0.29) is 6.04 Å². The molecule has 8 nitrogen and oxygen atoms in total. The molecule has 1 aliphatic carbocycles. The number of para-hydroxylation sites is 4. The third kappa shape index (κ3) is 5.99. The third-order valence-corrected chi connectivity index (χ3v) is 12.0. The number of benzene rings is 5. The predicted molar refractivity (Wildman–Crippen MR) is 255 cm³/mol. The summed E-state index contributed by atoms with van der Waals surface area (Å²) in [5.74, 6) is 1.75. The number of allylic oxidation sites excluding steroid dienone is 6. The van der Waals surface area contributed by atoms with Gasteiger partial charge >= 0.3 is 0 Å². The Morgan fingerprint density at radius 3 is 2.28 bits per heavy atom. The standard InChI is InChI=1S/C53H42N8/c1-35-17-15-16-30-58(52-40(35)28-29-47-51(52)42-24-11-14-27-46(42)60(47)38-20-7-4-8-21-38)49(54)32-55-50-33-56-53(57-50)61-45-26-13-10-23-41(45)43-34-59(37-18-5-3-6-19-37)44-25-12-9-22-39(44)36(2)31-48(43)61/h3-24,26-32,34,44H,1-2,25,33,54H2,(H,55,56,57)/b17-15-,30-16-,43-34-,48-31+,49-32+. The van der Waals surface area contributed by atoms with E-state index in [0.29, 0.717) is 24.2 Å². The summed E-state index contributed by atoms with van der Waals surface area (Å²) < 4.78 is 4.50. The molecular weight excluding hydrogens is 749 g/mol. The van der Waals surface area contributed by atoms with Crippen LogP contribution in [0.5, 0.6) is 0 Å². The van der Waals surface area contributed by atoms with Crippen molar-refractivity contribution in [1.82, 2.24) is 14.5 Å². The fourth-order valence-electron chi connectivity index (χ4n) is 9.18. The monoisotopic (exact) mass is 790 g/mol. The van der Waals surface area contributed by atoms with Crippen LogP contribution in [0.15, 0.2) is 210 Å². The highest BCUT2D eigenvalue weighted by molar-refractivity contribution is 6.18. The second-order valence-corrected chi connectivity index (χ2v) is 15.5. The fourth-order valence-corrected chi connectivity index (χ4v) is 9.18. The molecule has 8 heteroatoms. The van der Waals surface area contributed by atoms with E-state index in [0.717, 1.165) is 83.5 Å². The van der Waals surface area contributed by atoms with Gasteiger partial charge in [0.2, 0.25) is 5.96 Å². The van der Waals surface area contributed by atoms with Crippen molar-refractivity contribution < 1.29 is 0 Å². The molecule has 0 saturated heterocycles. The minimum absolute atomic E-state index is 0.118. The smallest absolute Gasteiger partial charge is 0.210 e. The number of hydrogen-bond donors (Lipinski definition) is 2. The average molecular weight is 791 g/mol. The highest BCUT2D eigenvalue weighted by Gasteiger charge is 2.28. The highest BCUT2D eigenvalue weighted by atomic mass is 15.3. The summed E-state index contributed by atoms with van der Waals surface area (Å²) in [6, 6.07) is 42.5. The van der Waals surface area contributed by atoms with Crippen LogP contribution in [0.3, 0.4) is 0 Å². The summed E-state index contributed by atoms with van der Waals surface area (Å²) in [5.41, 5.74) is 17.5. The molecule has 0 fully saturated rings. The van der Waals surface area contributed by atoms with Crippen LogP contribution >= 0.6 is 0 Å². The maximum atomic E-state index is 7.08. The molecule has 3 aliphatic heterocycles. The Kier molecular flexibility index (Phi) is 8.63. The van der Waals surface area contributed by atoms with Crippen LogP contribution in [-0.4, -0.2) is 33.5 Å². The molecule has 0 saturated carbocycles. The van der Waals surface area contributed by atoms with E-state index in [2.05, 4.69) is 178 Å². The minimum atomic E-state index is 0.118. The van der Waals surface area contributed by atoms with Gasteiger partial charge in [-0.15, -0.1) is 0 Å². The van der Waals surface area contributed by atoms with Gasteiger partial charge in [-0.1, -0.05) is 122 Å². The highest BCUT2D eigenvalue weighted by Crippen LogP contribution is 2.43. The maximum absolute atomic E-state index is 7.08. The lowest BCUT2D eigenvalue weighted by Crippen LogP contribution is -2.43. The van der Waals surface area contributed by atoms with E-state index in [1.807, 2.05) is 35.4 Å². The summed E-state index contributed by atoms with van der Waals surface area (Å²) in [5, 5.41) is 8.98. The molecule has 3 N–H and O–H groups in total. The van der Waals surface area contributed by atoms with Crippen molar-refractivity contribution in [2.45, 2.75) is 12.5 Å². The number of nitrogens with one attached hydrogen (secondary N) is 1. The lowest BCUT2D eigenvalue weighted by atomic mass is 9.90. The van der Waals surface area contributed by atoms with E-state index in [9.17, 15) is 0 Å². The maximum Gasteiger partial charge on any atom is 0.210 e. The third-order valence-electron chi connectivity index (χ3n) is 12.0. The molecular formula is C53H42N8. The molecule has 1 atom stereocenters. The number of nitrogens with two attached hydrogens (primary N) is 1. The zero-order chi connectivity index (χ0) is 41.0. The molecule has 5 heterocycles. The molecule has 294 valence electrons. The number of aromatic nitrogens is 2. The van der Waals surface area contributed by atoms with Crippen LogP contribution in [0.1, 0.15) is 12.0 Å². The number of rotatable bonds is 4. The SMILES string of the molecule is C=C1/C=c2\c(c3ccccc3n2C2=N/C(=N/C=C(\N)N3/C=C\C=C/C(=C)c4ccc5c(c43)c3ccccc3n5-c3ccccc3)CN2)=C/N(c2ccccc2)C2CC=CC=C12. The Morgan fingerprint density at radius 2 is 1.48 bits per heavy atom. The number of aliphatic imine (C=N–C) groups is 2. The zero-order valence-electron chi connectivity index (χ0n) is 33.5. The van der Waals surface area contributed by atoms with Gasteiger partial charge in [-0.25, -0.2) is 4.99 Å². The first kappa shape index (κ1) is 36.0. The minimum Gasteiger partial charge on any atom is -0.384 e. The Morgan fingerprint density at radius 1 is 0.754 bits per heavy atom. The average Bonchev–Trinajstić information content (AvgIpc) is 3.99. The quantitative estimate of drug-likeness (QED) is 0.187. The van der Waals surface area contributed by atoms with Gasteiger partial charge in [0.05, 0.1) is 46.4 Å². The van der Waals surface area contributed by atoms with E-state index in [4.69, 9.17) is 15.7 Å². The molecule has 7 aromatic rings. The van der Waals surface area contributed by atoms with Gasteiger partial charge in [0.25, 0.3) is 0 Å². The van der Waals surface area contributed by atoms with Crippen LogP contribution in [0.25, 0.3) is 56.2 Å². The topological polar surface area (TPSA) is 79.1 Å². The van der Waals surface area contributed by atoms with Crippen LogP contribution < -0.4 is 31.4 Å². The van der Waals surface area contributed by atoms with E-state index < -0.39 is 0 Å². The molecule has 0 spiro atoms. The Balaban J connectivity index is 1.04. The van der Waals surface area contributed by atoms with Crippen LogP contribution in [0, 0.1) is 0 Å². The van der Waals surface area contributed by atoms with E-state index >= 15 is 0 Å². The Bertz CT molecular complexity index is 3330. The molecule has 0 radical (unpaired) electrons.